The number of carbonyl (C=O) groups excluding carboxylic acids is 2. The molecule has 2 aromatic carbocycles. The van der Waals surface area contributed by atoms with Crippen molar-refractivity contribution in [2.45, 2.75) is 38.3 Å². The molecule has 36 heavy (non-hydrogen) atoms. The highest BCUT2D eigenvalue weighted by molar-refractivity contribution is 9.10. The molecule has 2 aliphatic rings. The molecule has 5 rings (SSSR count). The van der Waals surface area contributed by atoms with E-state index in [-0.39, 0.29) is 17.4 Å². The number of carbonyl (C=O) groups is 2. The molecule has 1 N–H and O–H groups in total. The zero-order valence-electron chi connectivity index (χ0n) is 20.4. The molecule has 2 amide bonds. The van der Waals surface area contributed by atoms with Crippen molar-refractivity contribution in [3.8, 4) is 0 Å². The highest BCUT2D eigenvalue weighted by atomic mass is 79.9. The molecule has 188 valence electrons. The highest BCUT2D eigenvalue weighted by Crippen LogP contribution is 2.42. The van der Waals surface area contributed by atoms with Gasteiger partial charge in [0.05, 0.1) is 16.3 Å². The van der Waals surface area contributed by atoms with Gasteiger partial charge in [0.15, 0.2) is 0 Å². The maximum Gasteiger partial charge on any atom is 0.261 e. The molecule has 1 unspecified atom stereocenters. The first-order valence-corrected chi connectivity index (χ1v) is 14.4. The van der Waals surface area contributed by atoms with Gasteiger partial charge in [0.1, 0.15) is 0 Å². The Morgan fingerprint density at radius 1 is 0.972 bits per heavy atom. The Bertz CT molecular complexity index is 1160. The number of rotatable bonds is 8. The van der Waals surface area contributed by atoms with Crippen molar-refractivity contribution in [2.75, 3.05) is 26.2 Å². The van der Waals surface area contributed by atoms with Crippen LogP contribution < -0.4 is 5.32 Å². The van der Waals surface area contributed by atoms with Crippen molar-refractivity contribution in [3.63, 3.8) is 0 Å². The number of hydrogen-bond donors (Lipinski definition) is 1. The first-order chi connectivity index (χ1) is 17.5. The van der Waals surface area contributed by atoms with Gasteiger partial charge in [-0.1, -0.05) is 64.5 Å². The van der Waals surface area contributed by atoms with Gasteiger partial charge < -0.3 is 15.1 Å². The Labute approximate surface area is 225 Å². The number of amides is 2. The fourth-order valence-corrected chi connectivity index (χ4v) is 6.37. The Morgan fingerprint density at radius 3 is 2.39 bits per heavy atom. The summed E-state index contributed by atoms with van der Waals surface area (Å²) in [6.07, 6.45) is 3.64. The normalized spacial score (nSPS) is 18.5. The number of thiophene rings is 1. The molecular formula is C29H32BrN3O2S. The number of halogens is 1. The van der Waals surface area contributed by atoms with Crippen LogP contribution in [0.4, 0.5) is 0 Å². The Morgan fingerprint density at radius 2 is 1.69 bits per heavy atom. The number of likely N-dealkylation sites (tertiary alicyclic amines) is 2. The minimum absolute atomic E-state index is 0.0149. The first kappa shape index (κ1) is 25.2. The molecule has 3 heterocycles. The molecule has 0 radical (unpaired) electrons. The number of nitrogens with one attached hydrogen (secondary N) is 1. The predicted molar refractivity (Wildman–Crippen MR) is 148 cm³/mol. The van der Waals surface area contributed by atoms with Crippen LogP contribution in [0.2, 0.25) is 0 Å². The third-order valence-corrected chi connectivity index (χ3v) is 9.08. The number of benzene rings is 2. The summed E-state index contributed by atoms with van der Waals surface area (Å²) in [5.41, 5.74) is 2.11. The Hall–Kier alpha value is -2.48. The molecule has 2 fully saturated rings. The van der Waals surface area contributed by atoms with Crippen molar-refractivity contribution in [1.82, 2.24) is 15.1 Å². The lowest BCUT2D eigenvalue weighted by Crippen LogP contribution is -2.45. The minimum Gasteiger partial charge on any atom is -0.344 e. The fourth-order valence-electron chi connectivity index (χ4n) is 5.48. The van der Waals surface area contributed by atoms with Gasteiger partial charge >= 0.3 is 0 Å². The fraction of sp³-hybridized carbons (Fsp3) is 0.379. The Kier molecular flexibility index (Phi) is 7.89. The average molecular weight is 567 g/mol. The molecule has 7 heteroatoms. The third kappa shape index (κ3) is 5.74. The van der Waals surface area contributed by atoms with Crippen LogP contribution in [0.3, 0.4) is 0 Å². The first-order valence-electron chi connectivity index (χ1n) is 12.7. The second-order valence-electron chi connectivity index (χ2n) is 9.93. The summed E-state index contributed by atoms with van der Waals surface area (Å²) in [5, 5.41) is 5.18. The summed E-state index contributed by atoms with van der Waals surface area (Å²) in [4.78, 5) is 31.4. The molecule has 2 saturated heterocycles. The smallest absolute Gasteiger partial charge is 0.261 e. The van der Waals surface area contributed by atoms with Gasteiger partial charge in [0.2, 0.25) is 5.91 Å². The molecule has 0 saturated carbocycles. The predicted octanol–water partition coefficient (Wildman–Crippen LogP) is 5.89. The molecule has 0 aliphatic carbocycles. The molecular weight excluding hydrogens is 534 g/mol. The van der Waals surface area contributed by atoms with Crippen LogP contribution in [0, 0.1) is 5.41 Å². The van der Waals surface area contributed by atoms with Gasteiger partial charge in [0, 0.05) is 24.1 Å². The van der Waals surface area contributed by atoms with Crippen molar-refractivity contribution in [3.05, 3.63) is 92.6 Å². The van der Waals surface area contributed by atoms with Crippen molar-refractivity contribution < 1.29 is 9.59 Å². The van der Waals surface area contributed by atoms with Crippen molar-refractivity contribution in [2.24, 2.45) is 5.41 Å². The van der Waals surface area contributed by atoms with E-state index in [2.05, 4.69) is 50.4 Å². The van der Waals surface area contributed by atoms with Crippen LogP contribution in [0.5, 0.6) is 0 Å². The molecule has 5 nitrogen and oxygen atoms in total. The minimum atomic E-state index is -0.196. The molecule has 1 atom stereocenters. The van der Waals surface area contributed by atoms with Crippen LogP contribution >= 0.6 is 27.3 Å². The summed E-state index contributed by atoms with van der Waals surface area (Å²) in [5.74, 6) is 0.314. The van der Waals surface area contributed by atoms with E-state index in [9.17, 15) is 9.59 Å². The lowest BCUT2D eigenvalue weighted by molar-refractivity contribution is -0.138. The van der Waals surface area contributed by atoms with Crippen LogP contribution in [-0.4, -0.2) is 47.8 Å². The van der Waals surface area contributed by atoms with E-state index in [4.69, 9.17) is 0 Å². The van der Waals surface area contributed by atoms with E-state index in [0.29, 0.717) is 12.5 Å². The number of nitrogens with zero attached hydrogens (tertiary/aromatic N) is 2. The maximum atomic E-state index is 13.4. The standard InChI is InChI=1S/C29H32BrN3O2S/c30-24-10-8-22(9-11-24)21-33-19-15-29(28(33)35)13-17-32(18-14-29)16-12-25(23-5-2-1-3-6-23)31-27(34)26-7-4-20-36-26/h1-11,20,25H,12-19,21H2,(H,31,34). The SMILES string of the molecule is O=C(NC(CCN1CCC2(CC1)CCN(Cc1ccc(Br)cc1)C2=O)c1ccccc1)c1cccs1. The second-order valence-corrected chi connectivity index (χ2v) is 11.8. The zero-order chi connectivity index (χ0) is 25.0. The molecule has 1 aromatic heterocycles. The van der Waals surface area contributed by atoms with Gasteiger partial charge in [-0.2, -0.15) is 0 Å². The summed E-state index contributed by atoms with van der Waals surface area (Å²) in [6.45, 7) is 4.30. The van der Waals surface area contributed by atoms with Crippen molar-refractivity contribution in [1.29, 1.82) is 0 Å². The quantitative estimate of drug-likeness (QED) is 0.370. The van der Waals surface area contributed by atoms with E-state index < -0.39 is 0 Å². The van der Waals surface area contributed by atoms with Crippen LogP contribution in [0.25, 0.3) is 0 Å². The molecule has 3 aromatic rings. The van der Waals surface area contributed by atoms with E-state index in [1.165, 1.54) is 16.9 Å². The second kappa shape index (κ2) is 11.3. The number of hydrogen-bond acceptors (Lipinski definition) is 4. The van der Waals surface area contributed by atoms with Gasteiger partial charge in [-0.15, -0.1) is 11.3 Å². The van der Waals surface area contributed by atoms with Gasteiger partial charge in [0.25, 0.3) is 5.91 Å². The van der Waals surface area contributed by atoms with E-state index >= 15 is 0 Å². The van der Waals surface area contributed by atoms with Gasteiger partial charge in [-0.3, -0.25) is 9.59 Å². The lowest BCUT2D eigenvalue weighted by atomic mass is 9.77. The van der Waals surface area contributed by atoms with Crippen molar-refractivity contribution >= 4 is 39.1 Å². The van der Waals surface area contributed by atoms with Crippen LogP contribution in [0.1, 0.15) is 52.5 Å². The lowest BCUT2D eigenvalue weighted by Gasteiger charge is -2.38. The van der Waals surface area contributed by atoms with E-state index in [0.717, 1.165) is 66.8 Å². The van der Waals surface area contributed by atoms with Gasteiger partial charge in [-0.25, -0.2) is 0 Å². The average Bonchev–Trinajstić information content (AvgIpc) is 3.55. The summed E-state index contributed by atoms with van der Waals surface area (Å²) >= 11 is 4.95. The molecule has 1 spiro atoms. The summed E-state index contributed by atoms with van der Waals surface area (Å²) < 4.78 is 1.06. The van der Waals surface area contributed by atoms with E-state index in [1.54, 1.807) is 0 Å². The monoisotopic (exact) mass is 565 g/mol. The highest BCUT2D eigenvalue weighted by Gasteiger charge is 2.47. The topological polar surface area (TPSA) is 52.7 Å². The maximum absolute atomic E-state index is 13.4. The van der Waals surface area contributed by atoms with Crippen LogP contribution in [-0.2, 0) is 11.3 Å². The Balaban J connectivity index is 1.16. The van der Waals surface area contributed by atoms with Gasteiger partial charge in [-0.05, 0) is 73.5 Å². The summed E-state index contributed by atoms with van der Waals surface area (Å²) in [7, 11) is 0. The summed E-state index contributed by atoms with van der Waals surface area (Å²) in [6, 6.07) is 22.2. The largest absolute Gasteiger partial charge is 0.344 e. The number of piperidine rings is 1. The zero-order valence-corrected chi connectivity index (χ0v) is 22.8. The molecule has 0 bridgehead atoms. The van der Waals surface area contributed by atoms with Crippen LogP contribution in [0.15, 0.2) is 76.6 Å². The molecule has 2 aliphatic heterocycles. The van der Waals surface area contributed by atoms with E-state index in [1.807, 2.05) is 52.7 Å². The third-order valence-electron chi connectivity index (χ3n) is 7.69.